The minimum absolute atomic E-state index is 0.418. The molecule has 0 spiro atoms. The maximum absolute atomic E-state index is 4.83. The van der Waals surface area contributed by atoms with Crippen molar-refractivity contribution in [3.05, 3.63) is 15.6 Å². The van der Waals surface area contributed by atoms with Crippen LogP contribution in [-0.4, -0.2) is 11.5 Å². The van der Waals surface area contributed by atoms with Crippen molar-refractivity contribution in [2.45, 2.75) is 60.4 Å². The van der Waals surface area contributed by atoms with Crippen LogP contribution < -0.4 is 5.32 Å². The molecule has 1 aromatic heterocycles. The molecule has 0 saturated heterocycles. The van der Waals surface area contributed by atoms with Gasteiger partial charge in [-0.3, -0.25) is 0 Å². The maximum Gasteiger partial charge on any atom is 0.110 e. The molecule has 0 radical (unpaired) electrons. The molecule has 0 aliphatic carbocycles. The fraction of sp³-hybridized carbons (Fsp3) is 0.800. The molecule has 0 aliphatic heterocycles. The maximum atomic E-state index is 4.83. The highest BCUT2D eigenvalue weighted by atomic mass is 32.1. The van der Waals surface area contributed by atoms with Gasteiger partial charge in [-0.05, 0) is 38.1 Å². The van der Waals surface area contributed by atoms with Crippen molar-refractivity contribution in [2.75, 3.05) is 6.54 Å². The summed E-state index contributed by atoms with van der Waals surface area (Å²) in [6.07, 6.45) is 2.29. The molecule has 1 aromatic rings. The zero-order chi connectivity index (χ0) is 13.7. The van der Waals surface area contributed by atoms with Crippen molar-refractivity contribution < 1.29 is 0 Å². The lowest BCUT2D eigenvalue weighted by Gasteiger charge is -2.24. The Bertz CT molecular complexity index is 357. The fourth-order valence-electron chi connectivity index (χ4n) is 2.54. The van der Waals surface area contributed by atoms with E-state index in [9.17, 15) is 0 Å². The first-order chi connectivity index (χ1) is 8.49. The smallest absolute Gasteiger partial charge is 0.110 e. The molecule has 0 bridgehead atoms. The van der Waals surface area contributed by atoms with Crippen LogP contribution in [0.5, 0.6) is 0 Å². The molecular formula is C15H28N2S. The SMILES string of the molecule is CCNC(c1nc(CC)c(C)s1)C(C)CC(C)C. The molecule has 0 amide bonds. The Kier molecular flexibility index (Phi) is 6.30. The van der Waals surface area contributed by atoms with Crippen molar-refractivity contribution in [1.29, 1.82) is 0 Å². The molecule has 104 valence electrons. The van der Waals surface area contributed by atoms with E-state index < -0.39 is 0 Å². The van der Waals surface area contributed by atoms with E-state index in [1.807, 2.05) is 11.3 Å². The largest absolute Gasteiger partial charge is 0.308 e. The first-order valence-corrected chi connectivity index (χ1v) is 8.00. The minimum atomic E-state index is 0.418. The van der Waals surface area contributed by atoms with Crippen LogP contribution in [0.15, 0.2) is 0 Å². The summed E-state index contributed by atoms with van der Waals surface area (Å²) in [5, 5.41) is 4.89. The van der Waals surface area contributed by atoms with E-state index in [4.69, 9.17) is 4.98 Å². The molecule has 0 aliphatic rings. The zero-order valence-electron chi connectivity index (χ0n) is 12.7. The third-order valence-electron chi connectivity index (χ3n) is 3.35. The van der Waals surface area contributed by atoms with Crippen LogP contribution >= 0.6 is 11.3 Å². The average molecular weight is 268 g/mol. The predicted molar refractivity (Wildman–Crippen MR) is 81.3 cm³/mol. The first kappa shape index (κ1) is 15.6. The molecule has 0 saturated carbocycles. The molecule has 2 unspecified atom stereocenters. The van der Waals surface area contributed by atoms with Gasteiger partial charge in [0, 0.05) is 4.88 Å². The van der Waals surface area contributed by atoms with Crippen molar-refractivity contribution in [3.63, 3.8) is 0 Å². The number of aromatic nitrogens is 1. The van der Waals surface area contributed by atoms with Gasteiger partial charge in [0.2, 0.25) is 0 Å². The third kappa shape index (κ3) is 4.06. The second-order valence-corrected chi connectivity index (χ2v) is 6.79. The number of hydrogen-bond acceptors (Lipinski definition) is 3. The summed E-state index contributed by atoms with van der Waals surface area (Å²) in [4.78, 5) is 6.21. The summed E-state index contributed by atoms with van der Waals surface area (Å²) >= 11 is 1.87. The van der Waals surface area contributed by atoms with E-state index in [0.717, 1.165) is 18.9 Å². The Balaban J connectivity index is 2.88. The van der Waals surface area contributed by atoms with Gasteiger partial charge < -0.3 is 5.32 Å². The van der Waals surface area contributed by atoms with Gasteiger partial charge in [0.25, 0.3) is 0 Å². The van der Waals surface area contributed by atoms with Crippen LogP contribution in [0, 0.1) is 18.8 Å². The molecule has 3 heteroatoms. The Morgan fingerprint density at radius 3 is 2.33 bits per heavy atom. The fourth-order valence-corrected chi connectivity index (χ4v) is 3.76. The molecule has 1 rings (SSSR count). The molecule has 1 heterocycles. The highest BCUT2D eigenvalue weighted by Gasteiger charge is 2.23. The second-order valence-electron chi connectivity index (χ2n) is 5.55. The Morgan fingerprint density at radius 1 is 1.22 bits per heavy atom. The molecule has 2 nitrogen and oxygen atoms in total. The molecule has 0 aromatic carbocycles. The van der Waals surface area contributed by atoms with Crippen molar-refractivity contribution in [1.82, 2.24) is 10.3 Å². The number of aryl methyl sites for hydroxylation is 2. The number of hydrogen-bond donors (Lipinski definition) is 1. The summed E-state index contributed by atoms with van der Waals surface area (Å²) in [7, 11) is 0. The van der Waals surface area contributed by atoms with Crippen LogP contribution in [0.25, 0.3) is 0 Å². The van der Waals surface area contributed by atoms with Gasteiger partial charge in [-0.2, -0.15) is 0 Å². The zero-order valence-corrected chi connectivity index (χ0v) is 13.5. The summed E-state index contributed by atoms with van der Waals surface area (Å²) in [6, 6.07) is 0.418. The Labute approximate surface area is 116 Å². The second kappa shape index (κ2) is 7.25. The highest BCUT2D eigenvalue weighted by molar-refractivity contribution is 7.11. The van der Waals surface area contributed by atoms with Gasteiger partial charge in [-0.25, -0.2) is 4.98 Å². The summed E-state index contributed by atoms with van der Waals surface area (Å²) < 4.78 is 0. The van der Waals surface area contributed by atoms with Crippen LogP contribution in [-0.2, 0) is 6.42 Å². The molecule has 0 fully saturated rings. The quantitative estimate of drug-likeness (QED) is 0.795. The number of nitrogens with zero attached hydrogens (tertiary/aromatic N) is 1. The van der Waals surface area contributed by atoms with E-state index in [0.29, 0.717) is 12.0 Å². The van der Waals surface area contributed by atoms with Crippen molar-refractivity contribution in [3.8, 4) is 0 Å². The first-order valence-electron chi connectivity index (χ1n) is 7.19. The van der Waals surface area contributed by atoms with Gasteiger partial charge in [0.15, 0.2) is 0 Å². The normalized spacial score (nSPS) is 15.1. The van der Waals surface area contributed by atoms with Crippen LogP contribution in [0.3, 0.4) is 0 Å². The van der Waals surface area contributed by atoms with E-state index in [1.165, 1.54) is 22.0 Å². The van der Waals surface area contributed by atoms with Crippen LogP contribution in [0.2, 0.25) is 0 Å². The summed E-state index contributed by atoms with van der Waals surface area (Å²) in [5.41, 5.74) is 1.27. The van der Waals surface area contributed by atoms with Crippen molar-refractivity contribution in [2.24, 2.45) is 11.8 Å². The average Bonchev–Trinajstić information content (AvgIpc) is 2.66. The number of nitrogens with one attached hydrogen (secondary N) is 1. The molecule has 1 N–H and O–H groups in total. The lowest BCUT2D eigenvalue weighted by atomic mass is 9.92. The highest BCUT2D eigenvalue weighted by Crippen LogP contribution is 2.31. The molecular weight excluding hydrogens is 240 g/mol. The van der Waals surface area contributed by atoms with Gasteiger partial charge in [-0.15, -0.1) is 11.3 Å². The van der Waals surface area contributed by atoms with E-state index >= 15 is 0 Å². The lowest BCUT2D eigenvalue weighted by molar-refractivity contribution is 0.332. The van der Waals surface area contributed by atoms with Gasteiger partial charge in [0.05, 0.1) is 11.7 Å². The Hall–Kier alpha value is -0.410. The van der Waals surface area contributed by atoms with Gasteiger partial charge in [-0.1, -0.05) is 34.6 Å². The minimum Gasteiger partial charge on any atom is -0.308 e. The van der Waals surface area contributed by atoms with Crippen LogP contribution in [0.4, 0.5) is 0 Å². The third-order valence-corrected chi connectivity index (χ3v) is 4.44. The number of thiazole rings is 1. The Morgan fingerprint density at radius 2 is 1.89 bits per heavy atom. The topological polar surface area (TPSA) is 24.9 Å². The monoisotopic (exact) mass is 268 g/mol. The van der Waals surface area contributed by atoms with Crippen LogP contribution in [0.1, 0.15) is 62.7 Å². The standard InChI is InChI=1S/C15H28N2S/c1-7-13-12(6)18-15(17-13)14(16-8-2)11(5)9-10(3)4/h10-11,14,16H,7-9H2,1-6H3. The lowest BCUT2D eigenvalue weighted by Crippen LogP contribution is -2.27. The summed E-state index contributed by atoms with van der Waals surface area (Å²) in [6.45, 7) is 14.5. The molecule has 2 atom stereocenters. The van der Waals surface area contributed by atoms with Gasteiger partial charge in [0.1, 0.15) is 5.01 Å². The number of rotatable bonds is 7. The van der Waals surface area contributed by atoms with E-state index in [2.05, 4.69) is 46.9 Å². The molecule has 18 heavy (non-hydrogen) atoms. The predicted octanol–water partition coefficient (Wildman–Crippen LogP) is 4.35. The van der Waals surface area contributed by atoms with Gasteiger partial charge >= 0.3 is 0 Å². The van der Waals surface area contributed by atoms with E-state index in [1.54, 1.807) is 0 Å². The summed E-state index contributed by atoms with van der Waals surface area (Å²) in [5.74, 6) is 1.38. The van der Waals surface area contributed by atoms with Crippen molar-refractivity contribution >= 4 is 11.3 Å². The van der Waals surface area contributed by atoms with E-state index in [-0.39, 0.29) is 0 Å².